The van der Waals surface area contributed by atoms with Gasteiger partial charge in [-0.15, -0.1) is 0 Å². The molecule has 258 valence electrons. The number of methoxy groups -OCH3 is 1. The standard InChI is InChI=1S/C39H58N4O4/c1-7-8-11-33(24-31-12-14-34(15-13-31)42(5)17-20-46-6)35-25-32(10-9-16-43-18-21-47-22-19-43)26-36(30(35)4)38(44)40-27-37-28(2)23-29(3)41-39(37)45/h23,25-26,31,33-34H,7-8,11-22,24,27H2,1-6H3,(H,40,44)(H,41,45). The van der Waals surface area contributed by atoms with Crippen molar-refractivity contribution in [2.24, 2.45) is 5.92 Å². The molecule has 1 unspecified atom stereocenters. The van der Waals surface area contributed by atoms with Crippen LogP contribution in [-0.2, 0) is 16.0 Å². The molecule has 1 amide bonds. The topological polar surface area (TPSA) is 86.9 Å². The number of unbranched alkanes of at least 4 members (excludes halogenated alkanes) is 1. The smallest absolute Gasteiger partial charge is 0.253 e. The second-order valence-electron chi connectivity index (χ2n) is 13.8. The minimum Gasteiger partial charge on any atom is -0.383 e. The zero-order chi connectivity index (χ0) is 33.8. The SMILES string of the molecule is CCCCC(CC1CCC(N(C)CCOC)CC1)c1cc(C#CCN2CCOCC2)cc(C(=O)NCc2c(C)cc(C)[nH]c2=O)c1C. The molecule has 1 aliphatic heterocycles. The number of hydrogen-bond acceptors (Lipinski definition) is 6. The number of aryl methyl sites for hydroxylation is 2. The van der Waals surface area contributed by atoms with Crippen LogP contribution in [0.2, 0.25) is 0 Å². The fourth-order valence-electron chi connectivity index (χ4n) is 7.34. The van der Waals surface area contributed by atoms with Gasteiger partial charge in [0.2, 0.25) is 0 Å². The highest BCUT2D eigenvalue weighted by atomic mass is 16.5. The Kier molecular flexibility index (Phi) is 14.5. The van der Waals surface area contributed by atoms with Crippen molar-refractivity contribution in [3.63, 3.8) is 0 Å². The Morgan fingerprint density at radius 3 is 2.57 bits per heavy atom. The van der Waals surface area contributed by atoms with Crippen LogP contribution >= 0.6 is 0 Å². The van der Waals surface area contributed by atoms with Gasteiger partial charge in [0.05, 0.1) is 26.4 Å². The number of amides is 1. The summed E-state index contributed by atoms with van der Waals surface area (Å²) in [6.45, 7) is 14.0. The third-order valence-electron chi connectivity index (χ3n) is 10.3. The van der Waals surface area contributed by atoms with E-state index in [9.17, 15) is 9.59 Å². The zero-order valence-corrected chi connectivity index (χ0v) is 29.8. The number of aromatic amines is 1. The van der Waals surface area contributed by atoms with Gasteiger partial charge in [0.25, 0.3) is 11.5 Å². The first-order valence-electron chi connectivity index (χ1n) is 17.8. The summed E-state index contributed by atoms with van der Waals surface area (Å²) in [5.74, 6) is 7.69. The van der Waals surface area contributed by atoms with E-state index in [1.54, 1.807) is 7.11 Å². The van der Waals surface area contributed by atoms with Gasteiger partial charge in [0.1, 0.15) is 0 Å². The Bertz CT molecular complexity index is 1430. The highest BCUT2D eigenvalue weighted by Crippen LogP contribution is 2.39. The molecule has 1 atom stereocenters. The molecule has 0 radical (unpaired) electrons. The first kappa shape index (κ1) is 36.9. The maximum absolute atomic E-state index is 13.8. The van der Waals surface area contributed by atoms with E-state index in [4.69, 9.17) is 9.47 Å². The molecule has 1 aromatic carbocycles. The normalized spacial score (nSPS) is 19.3. The highest BCUT2D eigenvalue weighted by Gasteiger charge is 2.28. The number of carbonyl (C=O) groups excluding carboxylic acids is 1. The van der Waals surface area contributed by atoms with Gasteiger partial charge in [-0.05, 0) is 113 Å². The maximum atomic E-state index is 13.8. The highest BCUT2D eigenvalue weighted by molar-refractivity contribution is 5.96. The molecule has 2 aliphatic rings. The van der Waals surface area contributed by atoms with Gasteiger partial charge in [0, 0.05) is 61.7 Å². The van der Waals surface area contributed by atoms with Crippen LogP contribution in [0.15, 0.2) is 23.0 Å². The molecule has 0 spiro atoms. The van der Waals surface area contributed by atoms with E-state index in [1.165, 1.54) is 31.2 Å². The first-order chi connectivity index (χ1) is 22.7. The minimum atomic E-state index is -0.159. The zero-order valence-electron chi connectivity index (χ0n) is 29.8. The number of pyridine rings is 1. The third kappa shape index (κ3) is 10.8. The van der Waals surface area contributed by atoms with Gasteiger partial charge in [0.15, 0.2) is 0 Å². The lowest BCUT2D eigenvalue weighted by Crippen LogP contribution is -2.37. The van der Waals surface area contributed by atoms with Crippen molar-refractivity contribution in [2.45, 2.75) is 97.6 Å². The fraction of sp³-hybridized carbons (Fsp3) is 0.641. The molecule has 2 heterocycles. The quantitative estimate of drug-likeness (QED) is 0.256. The number of hydrogen-bond donors (Lipinski definition) is 2. The van der Waals surface area contributed by atoms with Gasteiger partial charge in [-0.2, -0.15) is 0 Å². The number of aromatic nitrogens is 1. The van der Waals surface area contributed by atoms with Crippen molar-refractivity contribution >= 4 is 5.91 Å². The summed E-state index contributed by atoms with van der Waals surface area (Å²) < 4.78 is 10.8. The Balaban J connectivity index is 1.59. The Hall–Kier alpha value is -2.96. The summed E-state index contributed by atoms with van der Waals surface area (Å²) in [5, 5.41) is 3.07. The van der Waals surface area contributed by atoms with E-state index in [-0.39, 0.29) is 18.0 Å². The lowest BCUT2D eigenvalue weighted by atomic mass is 9.76. The molecule has 1 saturated carbocycles. The van der Waals surface area contributed by atoms with Crippen LogP contribution in [0.3, 0.4) is 0 Å². The van der Waals surface area contributed by atoms with E-state index < -0.39 is 0 Å². The lowest BCUT2D eigenvalue weighted by molar-refractivity contribution is 0.0443. The van der Waals surface area contributed by atoms with E-state index >= 15 is 0 Å². The van der Waals surface area contributed by atoms with E-state index in [0.29, 0.717) is 35.5 Å². The van der Waals surface area contributed by atoms with Crippen LogP contribution in [0.4, 0.5) is 0 Å². The van der Waals surface area contributed by atoms with Crippen LogP contribution in [0.25, 0.3) is 0 Å². The van der Waals surface area contributed by atoms with Crippen molar-refractivity contribution < 1.29 is 14.3 Å². The van der Waals surface area contributed by atoms with Crippen molar-refractivity contribution in [3.05, 3.63) is 67.6 Å². The average Bonchev–Trinajstić information content (AvgIpc) is 3.06. The summed E-state index contributed by atoms with van der Waals surface area (Å²) in [5.41, 5.74) is 5.97. The maximum Gasteiger partial charge on any atom is 0.253 e. The molecular weight excluding hydrogens is 588 g/mol. The third-order valence-corrected chi connectivity index (χ3v) is 10.3. The summed E-state index contributed by atoms with van der Waals surface area (Å²) in [7, 11) is 4.00. The molecule has 1 aromatic heterocycles. The number of morpholine rings is 1. The number of H-pyrrole nitrogens is 1. The summed E-state index contributed by atoms with van der Waals surface area (Å²) in [6, 6.07) is 6.78. The monoisotopic (exact) mass is 646 g/mol. The molecule has 47 heavy (non-hydrogen) atoms. The van der Waals surface area contributed by atoms with Gasteiger partial charge in [-0.3, -0.25) is 14.5 Å². The number of likely N-dealkylation sites (N-methyl/N-ethyl adjacent to an activating group) is 1. The van der Waals surface area contributed by atoms with Crippen LogP contribution < -0.4 is 10.9 Å². The molecule has 8 heteroatoms. The number of nitrogens with zero attached hydrogens (tertiary/aromatic N) is 2. The molecule has 8 nitrogen and oxygen atoms in total. The summed E-state index contributed by atoms with van der Waals surface area (Å²) >= 11 is 0. The Labute approximate surface area is 283 Å². The van der Waals surface area contributed by atoms with Crippen molar-refractivity contribution in [2.75, 3.05) is 60.2 Å². The molecule has 1 aliphatic carbocycles. The molecule has 4 rings (SSSR count). The van der Waals surface area contributed by atoms with Crippen LogP contribution in [0.1, 0.15) is 108 Å². The van der Waals surface area contributed by atoms with E-state index in [1.807, 2.05) is 26.0 Å². The second kappa shape index (κ2) is 18.5. The fourth-order valence-corrected chi connectivity index (χ4v) is 7.34. The largest absolute Gasteiger partial charge is 0.383 e. The van der Waals surface area contributed by atoms with Crippen molar-refractivity contribution in [3.8, 4) is 11.8 Å². The minimum absolute atomic E-state index is 0.151. The molecule has 2 N–H and O–H groups in total. The number of rotatable bonds is 14. The predicted octanol–water partition coefficient (Wildman–Crippen LogP) is 5.71. The van der Waals surface area contributed by atoms with Crippen molar-refractivity contribution in [1.82, 2.24) is 20.1 Å². The molecule has 2 fully saturated rings. The van der Waals surface area contributed by atoms with Gasteiger partial charge >= 0.3 is 0 Å². The molecule has 2 aromatic rings. The molecule has 0 bridgehead atoms. The number of nitrogens with one attached hydrogen (secondary N) is 2. The van der Waals surface area contributed by atoms with Gasteiger partial charge < -0.3 is 24.7 Å². The average molecular weight is 647 g/mol. The Morgan fingerprint density at radius 2 is 1.89 bits per heavy atom. The number of benzene rings is 1. The predicted molar refractivity (Wildman–Crippen MR) is 190 cm³/mol. The second-order valence-corrected chi connectivity index (χ2v) is 13.8. The van der Waals surface area contributed by atoms with Crippen LogP contribution in [0.5, 0.6) is 0 Å². The summed E-state index contributed by atoms with van der Waals surface area (Å²) in [6.07, 6.45) is 9.46. The first-order valence-corrected chi connectivity index (χ1v) is 17.8. The van der Waals surface area contributed by atoms with Gasteiger partial charge in [-0.25, -0.2) is 0 Å². The Morgan fingerprint density at radius 1 is 1.15 bits per heavy atom. The molecular formula is C39H58N4O4. The van der Waals surface area contributed by atoms with Gasteiger partial charge in [-0.1, -0.05) is 31.6 Å². The van der Waals surface area contributed by atoms with Crippen LogP contribution in [-0.4, -0.2) is 86.9 Å². The van der Waals surface area contributed by atoms with Crippen LogP contribution in [0, 0.1) is 38.5 Å². The number of carbonyl (C=O) groups is 1. The van der Waals surface area contributed by atoms with E-state index in [0.717, 1.165) is 87.5 Å². The van der Waals surface area contributed by atoms with Crippen molar-refractivity contribution in [1.29, 1.82) is 0 Å². The summed E-state index contributed by atoms with van der Waals surface area (Å²) in [4.78, 5) is 34.2. The lowest BCUT2D eigenvalue weighted by Gasteiger charge is -2.36. The van der Waals surface area contributed by atoms with E-state index in [2.05, 4.69) is 58.9 Å². The number of ether oxygens (including phenoxy) is 2. The molecule has 1 saturated heterocycles.